The van der Waals surface area contributed by atoms with E-state index in [0.717, 1.165) is 39.1 Å². The number of halogens is 1. The van der Waals surface area contributed by atoms with Crippen molar-refractivity contribution in [2.75, 3.05) is 13.2 Å². The second-order valence-corrected chi connectivity index (χ2v) is 12.6. The van der Waals surface area contributed by atoms with E-state index in [1.807, 2.05) is 122 Å². The van der Waals surface area contributed by atoms with E-state index in [1.54, 1.807) is 0 Å². The van der Waals surface area contributed by atoms with E-state index in [1.165, 1.54) is 0 Å². The molecule has 1 fully saturated rings. The molecule has 7 heteroatoms. The number of rotatable bonds is 15. The number of ether oxygens (including phenoxy) is 5. The van der Waals surface area contributed by atoms with Crippen LogP contribution in [0.3, 0.4) is 0 Å². The standard InChI is InChI=1S/C42H43ClO6/c1-2-46-36-21-18-30(19-22-36)24-35-25-34(20-23-37(35)43)40-42(48-28-33-16-10-5-11-17-33)41(47-27-32-14-8-4-9-15-32)39(44)38(49-40)29-45-26-31-12-6-3-7-13-31/h3-23,25,38-42,44H,2,24,26-29H2,1H3. The Labute approximate surface area is 294 Å². The molecule has 5 unspecified atom stereocenters. The summed E-state index contributed by atoms with van der Waals surface area (Å²) in [5.41, 5.74) is 6.01. The van der Waals surface area contributed by atoms with Gasteiger partial charge >= 0.3 is 0 Å². The molecule has 0 amide bonds. The molecular weight excluding hydrogens is 636 g/mol. The molecule has 5 atom stereocenters. The first-order valence-corrected chi connectivity index (χ1v) is 17.2. The van der Waals surface area contributed by atoms with E-state index in [2.05, 4.69) is 18.2 Å². The van der Waals surface area contributed by atoms with Gasteiger partial charge in [-0.05, 0) is 64.9 Å². The van der Waals surface area contributed by atoms with Crippen LogP contribution in [0, 0.1) is 0 Å². The highest BCUT2D eigenvalue weighted by Gasteiger charge is 2.47. The van der Waals surface area contributed by atoms with E-state index < -0.39 is 30.5 Å². The third kappa shape index (κ3) is 9.58. The summed E-state index contributed by atoms with van der Waals surface area (Å²) in [4.78, 5) is 0. The summed E-state index contributed by atoms with van der Waals surface area (Å²) >= 11 is 6.79. The zero-order chi connectivity index (χ0) is 33.8. The zero-order valence-electron chi connectivity index (χ0n) is 27.7. The van der Waals surface area contributed by atoms with Gasteiger partial charge in [-0.3, -0.25) is 0 Å². The molecule has 0 spiro atoms. The highest BCUT2D eigenvalue weighted by atomic mass is 35.5. The van der Waals surface area contributed by atoms with Crippen molar-refractivity contribution in [2.24, 2.45) is 0 Å². The van der Waals surface area contributed by atoms with Crippen molar-refractivity contribution in [3.05, 3.63) is 172 Å². The number of aliphatic hydroxyl groups is 1. The molecule has 1 aliphatic rings. The maximum absolute atomic E-state index is 11.8. The molecule has 1 saturated heterocycles. The van der Waals surface area contributed by atoms with Crippen molar-refractivity contribution in [1.82, 2.24) is 0 Å². The zero-order valence-corrected chi connectivity index (χ0v) is 28.5. The summed E-state index contributed by atoms with van der Waals surface area (Å²) in [6, 6.07) is 43.9. The first kappa shape index (κ1) is 34.8. The fraction of sp³-hybridized carbons (Fsp3) is 0.286. The molecule has 1 heterocycles. The minimum atomic E-state index is -1.01. The monoisotopic (exact) mass is 678 g/mol. The first-order chi connectivity index (χ1) is 24.1. The fourth-order valence-corrected chi connectivity index (χ4v) is 6.29. The molecule has 5 aromatic rings. The molecule has 6 nitrogen and oxygen atoms in total. The van der Waals surface area contributed by atoms with Crippen LogP contribution in [0.2, 0.25) is 5.02 Å². The Balaban J connectivity index is 1.30. The summed E-state index contributed by atoms with van der Waals surface area (Å²) in [6.45, 7) is 3.79. The molecule has 1 aliphatic heterocycles. The molecule has 49 heavy (non-hydrogen) atoms. The lowest BCUT2D eigenvalue weighted by Gasteiger charge is -2.45. The highest BCUT2D eigenvalue weighted by molar-refractivity contribution is 6.31. The fourth-order valence-electron chi connectivity index (χ4n) is 6.10. The lowest BCUT2D eigenvalue weighted by atomic mass is 9.89. The van der Waals surface area contributed by atoms with Crippen LogP contribution in [0.5, 0.6) is 5.75 Å². The number of hydrogen-bond acceptors (Lipinski definition) is 6. The molecule has 254 valence electrons. The van der Waals surface area contributed by atoms with Crippen molar-refractivity contribution < 1.29 is 28.8 Å². The van der Waals surface area contributed by atoms with E-state index >= 15 is 0 Å². The van der Waals surface area contributed by atoms with Gasteiger partial charge in [0.15, 0.2) is 0 Å². The van der Waals surface area contributed by atoms with Gasteiger partial charge in [0, 0.05) is 5.02 Å². The summed E-state index contributed by atoms with van der Waals surface area (Å²) < 4.78 is 31.7. The van der Waals surface area contributed by atoms with Gasteiger partial charge in [-0.25, -0.2) is 0 Å². The Morgan fingerprint density at radius 1 is 0.653 bits per heavy atom. The molecule has 6 rings (SSSR count). The van der Waals surface area contributed by atoms with E-state index in [4.69, 9.17) is 35.3 Å². The van der Waals surface area contributed by atoms with Crippen LogP contribution in [-0.4, -0.2) is 42.7 Å². The Hall–Kier alpha value is -4.01. The SMILES string of the molecule is CCOc1ccc(Cc2cc(C3OC(COCc4ccccc4)C(O)C(OCc4ccccc4)C3OCc3ccccc3)ccc2Cl)cc1. The van der Waals surface area contributed by atoms with E-state index in [9.17, 15) is 5.11 Å². The maximum Gasteiger partial charge on any atom is 0.119 e. The van der Waals surface area contributed by atoms with Gasteiger partial charge in [0.25, 0.3) is 0 Å². The smallest absolute Gasteiger partial charge is 0.119 e. The molecule has 0 saturated carbocycles. The average Bonchev–Trinajstić information content (AvgIpc) is 3.14. The number of benzene rings is 5. The van der Waals surface area contributed by atoms with Gasteiger partial charge in [0.05, 0.1) is 33.0 Å². The van der Waals surface area contributed by atoms with Gasteiger partial charge in [-0.15, -0.1) is 0 Å². The van der Waals surface area contributed by atoms with E-state index in [0.29, 0.717) is 37.9 Å². The molecule has 5 aromatic carbocycles. The summed E-state index contributed by atoms with van der Waals surface area (Å²) in [5, 5.41) is 12.5. The van der Waals surface area contributed by atoms with Crippen LogP contribution in [0.15, 0.2) is 133 Å². The number of aliphatic hydroxyl groups excluding tert-OH is 1. The van der Waals surface area contributed by atoms with Crippen molar-refractivity contribution in [3.63, 3.8) is 0 Å². The van der Waals surface area contributed by atoms with Crippen LogP contribution in [-0.2, 0) is 45.2 Å². The molecule has 0 radical (unpaired) electrons. The lowest BCUT2D eigenvalue weighted by Crippen LogP contribution is -2.57. The minimum absolute atomic E-state index is 0.176. The summed E-state index contributed by atoms with van der Waals surface area (Å²) in [7, 11) is 0. The Bertz CT molecular complexity index is 1700. The largest absolute Gasteiger partial charge is 0.494 e. The Kier molecular flexibility index (Phi) is 12.5. The minimum Gasteiger partial charge on any atom is -0.494 e. The van der Waals surface area contributed by atoms with Gasteiger partial charge in [0.1, 0.15) is 36.3 Å². The molecule has 0 aromatic heterocycles. The first-order valence-electron chi connectivity index (χ1n) is 16.8. The third-order valence-electron chi connectivity index (χ3n) is 8.65. The third-order valence-corrected chi connectivity index (χ3v) is 9.02. The van der Waals surface area contributed by atoms with Gasteiger partial charge in [0.2, 0.25) is 0 Å². The highest BCUT2D eigenvalue weighted by Crippen LogP contribution is 2.38. The second kappa shape index (κ2) is 17.6. The van der Waals surface area contributed by atoms with Crippen LogP contribution in [0.4, 0.5) is 0 Å². The summed E-state index contributed by atoms with van der Waals surface area (Å²) in [6.07, 6.45) is -2.97. The molecule has 0 bridgehead atoms. The topological polar surface area (TPSA) is 66.4 Å². The quantitative estimate of drug-likeness (QED) is 0.120. The predicted octanol–water partition coefficient (Wildman–Crippen LogP) is 8.52. The molecular formula is C42H43ClO6. The van der Waals surface area contributed by atoms with Crippen LogP contribution in [0.1, 0.15) is 46.4 Å². The second-order valence-electron chi connectivity index (χ2n) is 12.2. The van der Waals surface area contributed by atoms with Gasteiger partial charge in [-0.2, -0.15) is 0 Å². The van der Waals surface area contributed by atoms with Crippen molar-refractivity contribution in [3.8, 4) is 5.75 Å². The lowest BCUT2D eigenvalue weighted by molar-refractivity contribution is -0.263. The summed E-state index contributed by atoms with van der Waals surface area (Å²) in [5.74, 6) is 0.834. The maximum atomic E-state index is 11.8. The van der Waals surface area contributed by atoms with Crippen molar-refractivity contribution in [2.45, 2.75) is 63.7 Å². The van der Waals surface area contributed by atoms with Gasteiger partial charge < -0.3 is 28.8 Å². The average molecular weight is 679 g/mol. The number of hydrogen-bond donors (Lipinski definition) is 1. The Morgan fingerprint density at radius 3 is 1.82 bits per heavy atom. The van der Waals surface area contributed by atoms with E-state index in [-0.39, 0.29) is 6.61 Å². The van der Waals surface area contributed by atoms with Crippen LogP contribution >= 0.6 is 11.6 Å². The Morgan fingerprint density at radius 2 is 1.22 bits per heavy atom. The van der Waals surface area contributed by atoms with Crippen molar-refractivity contribution >= 4 is 11.6 Å². The molecule has 0 aliphatic carbocycles. The normalized spacial score (nSPS) is 20.6. The molecule has 1 N–H and O–H groups in total. The van der Waals surface area contributed by atoms with Crippen molar-refractivity contribution in [1.29, 1.82) is 0 Å². The van der Waals surface area contributed by atoms with Crippen LogP contribution < -0.4 is 4.74 Å². The van der Waals surface area contributed by atoms with Gasteiger partial charge in [-0.1, -0.05) is 127 Å². The van der Waals surface area contributed by atoms with Crippen LogP contribution in [0.25, 0.3) is 0 Å². The predicted molar refractivity (Wildman–Crippen MR) is 192 cm³/mol.